The highest BCUT2D eigenvalue weighted by atomic mass is 19.1. The highest BCUT2D eigenvalue weighted by Crippen LogP contribution is 2.18. The monoisotopic (exact) mass is 380 g/mol. The molecule has 7 nitrogen and oxygen atoms in total. The van der Waals surface area contributed by atoms with E-state index in [0.717, 1.165) is 32.0 Å². The number of halogens is 1. The predicted molar refractivity (Wildman–Crippen MR) is 105 cm³/mol. The van der Waals surface area contributed by atoms with E-state index in [1.54, 1.807) is 22.9 Å². The Balaban J connectivity index is 1.46. The van der Waals surface area contributed by atoms with Crippen LogP contribution in [0.25, 0.3) is 5.69 Å². The van der Waals surface area contributed by atoms with E-state index in [4.69, 9.17) is 0 Å². The first-order valence-corrected chi connectivity index (χ1v) is 9.09. The number of benzene rings is 1. The maximum absolute atomic E-state index is 13.1. The number of carbonyl (C=O) groups is 1. The Kier molecular flexibility index (Phi) is 5.03. The van der Waals surface area contributed by atoms with E-state index < -0.39 is 0 Å². The molecule has 2 aromatic heterocycles. The molecular formula is C20H21FN6O. The fraction of sp³-hybridized carbons (Fsp3) is 0.250. The van der Waals surface area contributed by atoms with Gasteiger partial charge < -0.3 is 15.1 Å². The highest BCUT2D eigenvalue weighted by Gasteiger charge is 2.16. The summed E-state index contributed by atoms with van der Waals surface area (Å²) in [5.74, 6) is 0.264. The summed E-state index contributed by atoms with van der Waals surface area (Å²) in [5.41, 5.74) is 1.62. The Bertz CT molecular complexity index is 946. The van der Waals surface area contributed by atoms with Gasteiger partial charge in [0.05, 0.1) is 24.4 Å². The maximum Gasteiger partial charge on any atom is 0.274 e. The Morgan fingerprint density at radius 1 is 1.04 bits per heavy atom. The van der Waals surface area contributed by atoms with Crippen molar-refractivity contribution in [1.82, 2.24) is 19.4 Å². The van der Waals surface area contributed by atoms with Crippen LogP contribution in [0.2, 0.25) is 0 Å². The van der Waals surface area contributed by atoms with Gasteiger partial charge in [0.2, 0.25) is 0 Å². The molecule has 0 spiro atoms. The third-order valence-corrected chi connectivity index (χ3v) is 4.81. The first kappa shape index (κ1) is 18.1. The van der Waals surface area contributed by atoms with Gasteiger partial charge in [-0.25, -0.2) is 14.4 Å². The van der Waals surface area contributed by atoms with E-state index >= 15 is 0 Å². The van der Waals surface area contributed by atoms with E-state index in [1.807, 2.05) is 12.1 Å². The largest absolute Gasteiger partial charge is 0.354 e. The average Bonchev–Trinajstić information content (AvgIpc) is 3.20. The topological polar surface area (TPSA) is 66.3 Å². The molecule has 1 aromatic carbocycles. The number of carbonyl (C=O) groups excluding carboxylic acids is 1. The minimum absolute atomic E-state index is 0.309. The molecule has 1 amide bonds. The lowest BCUT2D eigenvalue weighted by Gasteiger charge is -2.33. The molecule has 0 bridgehead atoms. The number of amides is 1. The van der Waals surface area contributed by atoms with E-state index in [2.05, 4.69) is 32.1 Å². The predicted octanol–water partition coefficient (Wildman–Crippen LogP) is 2.41. The van der Waals surface area contributed by atoms with Crippen LogP contribution in [0.5, 0.6) is 0 Å². The van der Waals surface area contributed by atoms with Crippen LogP contribution in [0.4, 0.5) is 15.9 Å². The van der Waals surface area contributed by atoms with Crippen LogP contribution in [-0.4, -0.2) is 58.6 Å². The average molecular weight is 380 g/mol. The quantitative estimate of drug-likeness (QED) is 0.753. The molecule has 3 heterocycles. The lowest BCUT2D eigenvalue weighted by atomic mass is 10.3. The van der Waals surface area contributed by atoms with Crippen LogP contribution in [0.3, 0.4) is 0 Å². The molecule has 0 atom stereocenters. The second-order valence-electron chi connectivity index (χ2n) is 6.77. The fourth-order valence-electron chi connectivity index (χ4n) is 3.15. The van der Waals surface area contributed by atoms with Gasteiger partial charge in [-0.05, 0) is 43.4 Å². The minimum Gasteiger partial charge on any atom is -0.354 e. The van der Waals surface area contributed by atoms with Gasteiger partial charge in [-0.3, -0.25) is 9.36 Å². The highest BCUT2D eigenvalue weighted by molar-refractivity contribution is 6.03. The zero-order chi connectivity index (χ0) is 19.5. The molecule has 0 aliphatic carbocycles. The number of likely N-dealkylation sites (N-methyl/N-ethyl adjacent to an activating group) is 1. The molecule has 144 valence electrons. The van der Waals surface area contributed by atoms with Crippen molar-refractivity contribution >= 4 is 17.4 Å². The summed E-state index contributed by atoms with van der Waals surface area (Å²) in [5, 5.41) is 2.84. The smallest absolute Gasteiger partial charge is 0.274 e. The van der Waals surface area contributed by atoms with Crippen LogP contribution in [0, 0.1) is 5.82 Å². The van der Waals surface area contributed by atoms with Gasteiger partial charge in [-0.2, -0.15) is 0 Å². The number of nitrogens with zero attached hydrogens (tertiary/aromatic N) is 5. The van der Waals surface area contributed by atoms with Crippen molar-refractivity contribution in [3.63, 3.8) is 0 Å². The van der Waals surface area contributed by atoms with Crippen LogP contribution in [-0.2, 0) is 0 Å². The number of aromatic nitrogens is 3. The van der Waals surface area contributed by atoms with Crippen molar-refractivity contribution in [3.05, 3.63) is 66.6 Å². The molecule has 8 heteroatoms. The standard InChI is InChI=1S/C20H21FN6O/c1-25-8-10-26(11-9-25)19-7-4-16(12-23-19)24-20(28)18-13-22-14-27(18)17-5-2-15(21)3-6-17/h2-7,12-14H,8-11H2,1H3,(H,24,28). The zero-order valence-electron chi connectivity index (χ0n) is 15.5. The number of imidazole rings is 1. The van der Waals surface area contributed by atoms with E-state index in [0.29, 0.717) is 17.1 Å². The lowest BCUT2D eigenvalue weighted by molar-refractivity contribution is 0.102. The molecular weight excluding hydrogens is 359 g/mol. The number of pyridine rings is 1. The maximum atomic E-state index is 13.1. The minimum atomic E-state index is -0.332. The Morgan fingerprint density at radius 2 is 1.79 bits per heavy atom. The molecule has 0 saturated carbocycles. The molecule has 1 fully saturated rings. The first-order valence-electron chi connectivity index (χ1n) is 9.09. The van der Waals surface area contributed by atoms with Gasteiger partial charge in [0.25, 0.3) is 5.91 Å². The van der Waals surface area contributed by atoms with Crippen LogP contribution < -0.4 is 10.2 Å². The number of anilines is 2. The van der Waals surface area contributed by atoms with Crippen molar-refractivity contribution in [1.29, 1.82) is 0 Å². The van der Waals surface area contributed by atoms with Crippen LogP contribution in [0.15, 0.2) is 55.1 Å². The lowest BCUT2D eigenvalue weighted by Crippen LogP contribution is -2.44. The number of rotatable bonds is 4. The van der Waals surface area contributed by atoms with Gasteiger partial charge >= 0.3 is 0 Å². The molecule has 3 aromatic rings. The van der Waals surface area contributed by atoms with E-state index in [-0.39, 0.29) is 11.7 Å². The summed E-state index contributed by atoms with van der Waals surface area (Å²) >= 11 is 0. The summed E-state index contributed by atoms with van der Waals surface area (Å²) in [6.07, 6.45) is 4.66. The number of hydrogen-bond acceptors (Lipinski definition) is 5. The van der Waals surface area contributed by atoms with Crippen molar-refractivity contribution in [2.24, 2.45) is 0 Å². The third kappa shape index (κ3) is 3.86. The Morgan fingerprint density at radius 3 is 2.46 bits per heavy atom. The fourth-order valence-corrected chi connectivity index (χ4v) is 3.15. The normalized spacial score (nSPS) is 14.9. The Labute approximate surface area is 162 Å². The van der Waals surface area contributed by atoms with Crippen LogP contribution >= 0.6 is 0 Å². The van der Waals surface area contributed by atoms with Crippen molar-refractivity contribution in [2.45, 2.75) is 0 Å². The summed E-state index contributed by atoms with van der Waals surface area (Å²) in [7, 11) is 2.11. The van der Waals surface area contributed by atoms with Crippen molar-refractivity contribution in [2.75, 3.05) is 43.4 Å². The summed E-state index contributed by atoms with van der Waals surface area (Å²) < 4.78 is 14.8. The van der Waals surface area contributed by atoms with Gasteiger partial charge in [-0.15, -0.1) is 0 Å². The zero-order valence-corrected chi connectivity index (χ0v) is 15.5. The summed E-state index contributed by atoms with van der Waals surface area (Å²) in [4.78, 5) is 25.7. The SMILES string of the molecule is CN1CCN(c2ccc(NC(=O)c3cncn3-c3ccc(F)cc3)cn2)CC1. The number of hydrogen-bond donors (Lipinski definition) is 1. The molecule has 4 rings (SSSR count). The number of piperazine rings is 1. The number of nitrogens with one attached hydrogen (secondary N) is 1. The van der Waals surface area contributed by atoms with Gasteiger partial charge in [0.15, 0.2) is 0 Å². The second-order valence-corrected chi connectivity index (χ2v) is 6.77. The molecule has 1 N–H and O–H groups in total. The van der Waals surface area contributed by atoms with Crippen LogP contribution in [0.1, 0.15) is 10.5 Å². The van der Waals surface area contributed by atoms with E-state index in [9.17, 15) is 9.18 Å². The molecule has 28 heavy (non-hydrogen) atoms. The molecule has 1 saturated heterocycles. The summed E-state index contributed by atoms with van der Waals surface area (Å²) in [6.45, 7) is 3.89. The summed E-state index contributed by atoms with van der Waals surface area (Å²) in [6, 6.07) is 9.64. The van der Waals surface area contributed by atoms with Crippen molar-refractivity contribution in [3.8, 4) is 5.69 Å². The first-order chi connectivity index (χ1) is 13.6. The molecule has 1 aliphatic rings. The molecule has 1 aliphatic heterocycles. The van der Waals surface area contributed by atoms with Gasteiger partial charge in [0.1, 0.15) is 17.3 Å². The van der Waals surface area contributed by atoms with Gasteiger partial charge in [-0.1, -0.05) is 0 Å². The molecule has 0 unspecified atom stereocenters. The van der Waals surface area contributed by atoms with Gasteiger partial charge in [0, 0.05) is 31.9 Å². The second kappa shape index (κ2) is 7.77. The molecule has 0 radical (unpaired) electrons. The Hall–Kier alpha value is -3.26. The van der Waals surface area contributed by atoms with E-state index in [1.165, 1.54) is 24.7 Å². The third-order valence-electron chi connectivity index (χ3n) is 4.81. The van der Waals surface area contributed by atoms with Crippen molar-refractivity contribution < 1.29 is 9.18 Å².